The summed E-state index contributed by atoms with van der Waals surface area (Å²) in [5.41, 5.74) is 6.67. The summed E-state index contributed by atoms with van der Waals surface area (Å²) < 4.78 is 5.23. The van der Waals surface area contributed by atoms with Crippen LogP contribution in [0.5, 0.6) is 0 Å². The van der Waals surface area contributed by atoms with E-state index in [9.17, 15) is 0 Å². The summed E-state index contributed by atoms with van der Waals surface area (Å²) in [6.07, 6.45) is 5.33. The van der Waals surface area contributed by atoms with Crippen LogP contribution >= 0.6 is 0 Å². The van der Waals surface area contributed by atoms with E-state index in [1.807, 2.05) is 18.2 Å². The van der Waals surface area contributed by atoms with Gasteiger partial charge in [-0.1, -0.05) is 11.2 Å². The topological polar surface area (TPSA) is 77.8 Å². The Hall–Kier alpha value is -1.75. The van der Waals surface area contributed by atoms with Gasteiger partial charge in [0, 0.05) is 11.9 Å². The average molecular weight is 230 g/mol. The Morgan fingerprint density at radius 1 is 1.35 bits per heavy atom. The minimum absolute atomic E-state index is 0.380. The largest absolute Gasteiger partial charge is 0.337 e. The van der Waals surface area contributed by atoms with Gasteiger partial charge in [0.05, 0.1) is 12.0 Å². The maximum atomic E-state index is 6.12. The standard InChI is InChI=1S/C12H14N4O/c13-12(5-3-6-12)11-15-10(16-17-11)8-9-4-1-2-7-14-9/h1-2,4,7H,3,5-6,8,13H2. The van der Waals surface area contributed by atoms with Gasteiger partial charge < -0.3 is 10.3 Å². The van der Waals surface area contributed by atoms with Crippen LogP contribution < -0.4 is 5.73 Å². The van der Waals surface area contributed by atoms with E-state index in [1.54, 1.807) is 6.20 Å². The second-order valence-electron chi connectivity index (χ2n) is 4.52. The van der Waals surface area contributed by atoms with Crippen LogP contribution in [-0.2, 0) is 12.0 Å². The smallest absolute Gasteiger partial charge is 0.246 e. The van der Waals surface area contributed by atoms with Crippen molar-refractivity contribution in [2.24, 2.45) is 5.73 Å². The summed E-state index contributed by atoms with van der Waals surface area (Å²) in [6, 6.07) is 5.77. The minimum atomic E-state index is -0.380. The van der Waals surface area contributed by atoms with Gasteiger partial charge in [0.1, 0.15) is 0 Å². The van der Waals surface area contributed by atoms with Crippen LogP contribution in [0.1, 0.15) is 36.7 Å². The highest BCUT2D eigenvalue weighted by Crippen LogP contribution is 2.37. The highest BCUT2D eigenvalue weighted by molar-refractivity contribution is 5.12. The molecule has 0 radical (unpaired) electrons. The molecule has 1 aliphatic carbocycles. The molecule has 17 heavy (non-hydrogen) atoms. The summed E-state index contributed by atoms with van der Waals surface area (Å²) in [6.45, 7) is 0. The quantitative estimate of drug-likeness (QED) is 0.862. The lowest BCUT2D eigenvalue weighted by Crippen LogP contribution is -2.43. The number of nitrogens with zero attached hydrogens (tertiary/aromatic N) is 3. The van der Waals surface area contributed by atoms with Crippen LogP contribution in [0.4, 0.5) is 0 Å². The van der Waals surface area contributed by atoms with Gasteiger partial charge in [-0.2, -0.15) is 4.98 Å². The highest BCUT2D eigenvalue weighted by Gasteiger charge is 2.39. The fourth-order valence-corrected chi connectivity index (χ4v) is 1.96. The molecular formula is C12H14N4O. The molecule has 2 aromatic rings. The molecule has 2 N–H and O–H groups in total. The molecule has 0 aliphatic heterocycles. The number of rotatable bonds is 3. The molecule has 0 unspecified atom stereocenters. The van der Waals surface area contributed by atoms with Crippen LogP contribution in [0.25, 0.3) is 0 Å². The zero-order valence-electron chi connectivity index (χ0n) is 9.47. The van der Waals surface area contributed by atoms with Gasteiger partial charge >= 0.3 is 0 Å². The number of pyridine rings is 1. The molecule has 1 fully saturated rings. The minimum Gasteiger partial charge on any atom is -0.337 e. The monoisotopic (exact) mass is 230 g/mol. The fraction of sp³-hybridized carbons (Fsp3) is 0.417. The molecule has 5 heteroatoms. The number of nitrogens with two attached hydrogens (primary N) is 1. The van der Waals surface area contributed by atoms with Crippen LogP contribution in [0.3, 0.4) is 0 Å². The Labute approximate surface area is 99.1 Å². The molecule has 2 heterocycles. The van der Waals surface area contributed by atoms with E-state index in [0.717, 1.165) is 25.0 Å². The first-order chi connectivity index (χ1) is 8.26. The maximum absolute atomic E-state index is 6.12. The van der Waals surface area contributed by atoms with E-state index >= 15 is 0 Å². The third-order valence-electron chi connectivity index (χ3n) is 3.21. The third-order valence-corrected chi connectivity index (χ3v) is 3.21. The zero-order valence-corrected chi connectivity index (χ0v) is 9.47. The summed E-state index contributed by atoms with van der Waals surface area (Å²) in [5.74, 6) is 1.21. The second-order valence-corrected chi connectivity index (χ2v) is 4.52. The number of hydrogen-bond donors (Lipinski definition) is 1. The van der Waals surface area contributed by atoms with Crippen LogP contribution in [0.15, 0.2) is 28.9 Å². The molecule has 0 spiro atoms. The molecule has 5 nitrogen and oxygen atoms in total. The summed E-state index contributed by atoms with van der Waals surface area (Å²) in [4.78, 5) is 8.58. The van der Waals surface area contributed by atoms with Crippen LogP contribution in [0, 0.1) is 0 Å². The molecular weight excluding hydrogens is 216 g/mol. The van der Waals surface area contributed by atoms with Gasteiger partial charge in [-0.3, -0.25) is 4.98 Å². The van der Waals surface area contributed by atoms with Gasteiger partial charge in [-0.15, -0.1) is 0 Å². The van der Waals surface area contributed by atoms with E-state index in [0.29, 0.717) is 18.1 Å². The third kappa shape index (κ3) is 1.93. The molecule has 0 saturated heterocycles. The van der Waals surface area contributed by atoms with E-state index < -0.39 is 0 Å². The van der Waals surface area contributed by atoms with Crippen molar-refractivity contribution >= 4 is 0 Å². The van der Waals surface area contributed by atoms with Crippen molar-refractivity contribution in [3.63, 3.8) is 0 Å². The molecule has 3 rings (SSSR count). The van der Waals surface area contributed by atoms with Crippen LogP contribution in [0.2, 0.25) is 0 Å². The number of hydrogen-bond acceptors (Lipinski definition) is 5. The molecule has 0 amide bonds. The van der Waals surface area contributed by atoms with Crippen LogP contribution in [-0.4, -0.2) is 15.1 Å². The van der Waals surface area contributed by atoms with Crippen molar-refractivity contribution in [1.29, 1.82) is 0 Å². The van der Waals surface area contributed by atoms with E-state index in [-0.39, 0.29) is 5.54 Å². The lowest BCUT2D eigenvalue weighted by atomic mass is 9.78. The predicted molar refractivity (Wildman–Crippen MR) is 61.1 cm³/mol. The highest BCUT2D eigenvalue weighted by atomic mass is 16.5. The van der Waals surface area contributed by atoms with Crippen molar-refractivity contribution in [3.05, 3.63) is 41.8 Å². The maximum Gasteiger partial charge on any atom is 0.246 e. The van der Waals surface area contributed by atoms with E-state index in [2.05, 4.69) is 15.1 Å². The Morgan fingerprint density at radius 3 is 2.88 bits per heavy atom. The van der Waals surface area contributed by atoms with E-state index in [4.69, 9.17) is 10.3 Å². The molecule has 1 aliphatic rings. The Kier molecular flexibility index (Phi) is 2.40. The molecule has 0 atom stereocenters. The second kappa shape index (κ2) is 3.92. The lowest BCUT2D eigenvalue weighted by molar-refractivity contribution is 0.181. The molecule has 88 valence electrons. The van der Waals surface area contributed by atoms with Crippen molar-refractivity contribution in [1.82, 2.24) is 15.1 Å². The first-order valence-corrected chi connectivity index (χ1v) is 5.78. The van der Waals surface area contributed by atoms with Gasteiger partial charge in [0.25, 0.3) is 0 Å². The SMILES string of the molecule is NC1(c2nc(Cc3ccccn3)no2)CCC1. The van der Waals surface area contributed by atoms with E-state index in [1.165, 1.54) is 0 Å². The van der Waals surface area contributed by atoms with Gasteiger partial charge in [-0.05, 0) is 31.4 Å². The summed E-state index contributed by atoms with van der Waals surface area (Å²) in [5, 5.41) is 3.95. The summed E-state index contributed by atoms with van der Waals surface area (Å²) in [7, 11) is 0. The Morgan fingerprint density at radius 2 is 2.24 bits per heavy atom. The first-order valence-electron chi connectivity index (χ1n) is 5.78. The van der Waals surface area contributed by atoms with Gasteiger partial charge in [0.15, 0.2) is 5.82 Å². The van der Waals surface area contributed by atoms with Gasteiger partial charge in [0.2, 0.25) is 5.89 Å². The zero-order chi connectivity index (χ0) is 11.7. The molecule has 2 aromatic heterocycles. The number of aromatic nitrogens is 3. The Balaban J connectivity index is 1.77. The molecule has 0 bridgehead atoms. The average Bonchev–Trinajstić information content (AvgIpc) is 2.76. The normalized spacial score (nSPS) is 17.7. The van der Waals surface area contributed by atoms with Crippen molar-refractivity contribution in [3.8, 4) is 0 Å². The first kappa shape index (κ1) is 10.4. The molecule has 0 aromatic carbocycles. The Bertz CT molecular complexity index is 504. The lowest BCUT2D eigenvalue weighted by Gasteiger charge is -2.33. The predicted octanol–water partition coefficient (Wildman–Crippen LogP) is 1.39. The fourth-order valence-electron chi connectivity index (χ4n) is 1.96. The van der Waals surface area contributed by atoms with Crippen molar-refractivity contribution in [2.75, 3.05) is 0 Å². The summed E-state index contributed by atoms with van der Waals surface area (Å²) >= 11 is 0. The van der Waals surface area contributed by atoms with Gasteiger partial charge in [-0.25, -0.2) is 0 Å². The van der Waals surface area contributed by atoms with Crippen molar-refractivity contribution in [2.45, 2.75) is 31.2 Å². The molecule has 1 saturated carbocycles. The van der Waals surface area contributed by atoms with Crippen molar-refractivity contribution < 1.29 is 4.52 Å².